The molecule has 0 bridgehead atoms. The molecule has 0 unspecified atom stereocenters. The Labute approximate surface area is 74.4 Å². The van der Waals surface area contributed by atoms with Crippen molar-refractivity contribution >= 4 is 22.6 Å². The summed E-state index contributed by atoms with van der Waals surface area (Å²) >= 11 is 0. The first-order valence-electron chi connectivity index (χ1n) is 3.84. The Morgan fingerprint density at radius 3 is 3.00 bits per heavy atom. The monoisotopic (exact) mass is 176 g/mol. The number of benzene rings is 1. The molecule has 0 aliphatic carbocycles. The average molecular weight is 176 g/mol. The molecule has 1 aromatic heterocycles. The van der Waals surface area contributed by atoms with Gasteiger partial charge in [0.25, 0.3) is 5.89 Å². The molecule has 0 fully saturated rings. The maximum absolute atomic E-state index is 10.9. The molecule has 0 amide bonds. The van der Waals surface area contributed by atoms with Crippen molar-refractivity contribution in [1.82, 2.24) is 4.98 Å². The number of ketones is 1. The zero-order chi connectivity index (χ0) is 9.42. The minimum absolute atomic E-state index is 0.126. The molecule has 4 nitrogen and oxygen atoms in total. The molecule has 0 aliphatic rings. The third-order valence-electron chi connectivity index (χ3n) is 1.71. The number of hydrogen-bond donors (Lipinski definition) is 1. The Hall–Kier alpha value is -1.84. The van der Waals surface area contributed by atoms with Crippen LogP contribution < -0.4 is 5.73 Å². The van der Waals surface area contributed by atoms with E-state index in [2.05, 4.69) is 4.98 Å². The minimum atomic E-state index is -0.185. The van der Waals surface area contributed by atoms with Crippen molar-refractivity contribution in [2.75, 3.05) is 5.73 Å². The maximum atomic E-state index is 10.9. The molecular weight excluding hydrogens is 168 g/mol. The summed E-state index contributed by atoms with van der Waals surface area (Å²) in [6, 6.07) is 5.08. The van der Waals surface area contributed by atoms with Gasteiger partial charge in [0.1, 0.15) is 5.52 Å². The molecular formula is C9H8N2O2. The van der Waals surface area contributed by atoms with Crippen molar-refractivity contribution in [2.45, 2.75) is 6.92 Å². The predicted molar refractivity (Wildman–Crippen MR) is 48.4 cm³/mol. The van der Waals surface area contributed by atoms with Gasteiger partial charge in [-0.05, 0) is 18.2 Å². The van der Waals surface area contributed by atoms with Crippen LogP contribution in [0.2, 0.25) is 0 Å². The topological polar surface area (TPSA) is 69.1 Å². The Morgan fingerprint density at radius 1 is 1.54 bits per heavy atom. The second kappa shape index (κ2) is 2.58. The summed E-state index contributed by atoms with van der Waals surface area (Å²) in [5, 5.41) is 0. The third-order valence-corrected chi connectivity index (χ3v) is 1.71. The predicted octanol–water partition coefficient (Wildman–Crippen LogP) is 1.61. The van der Waals surface area contributed by atoms with Crippen LogP contribution in [0.4, 0.5) is 5.69 Å². The highest BCUT2D eigenvalue weighted by atomic mass is 16.4. The van der Waals surface area contributed by atoms with E-state index >= 15 is 0 Å². The molecule has 2 aromatic rings. The molecule has 1 heterocycles. The number of nitrogens with two attached hydrogens (primary N) is 1. The molecule has 66 valence electrons. The van der Waals surface area contributed by atoms with Gasteiger partial charge in [0.2, 0.25) is 5.78 Å². The van der Waals surface area contributed by atoms with E-state index in [-0.39, 0.29) is 11.7 Å². The van der Waals surface area contributed by atoms with Crippen LogP contribution in [0.25, 0.3) is 11.1 Å². The summed E-state index contributed by atoms with van der Waals surface area (Å²) in [5.74, 6) is -0.0598. The largest absolute Gasteiger partial charge is 0.434 e. The van der Waals surface area contributed by atoms with Gasteiger partial charge in [-0.15, -0.1) is 0 Å². The summed E-state index contributed by atoms with van der Waals surface area (Å²) in [4.78, 5) is 14.9. The zero-order valence-electron chi connectivity index (χ0n) is 7.07. The number of nitrogens with zero attached hydrogens (tertiary/aromatic N) is 1. The summed E-state index contributed by atoms with van der Waals surface area (Å²) in [7, 11) is 0. The van der Waals surface area contributed by atoms with Crippen molar-refractivity contribution in [1.29, 1.82) is 0 Å². The van der Waals surface area contributed by atoms with Crippen LogP contribution in [0.15, 0.2) is 22.6 Å². The molecule has 2 N–H and O–H groups in total. The lowest BCUT2D eigenvalue weighted by Crippen LogP contribution is -1.90. The molecule has 13 heavy (non-hydrogen) atoms. The van der Waals surface area contributed by atoms with Gasteiger partial charge in [-0.3, -0.25) is 4.79 Å². The van der Waals surface area contributed by atoms with Gasteiger partial charge < -0.3 is 10.2 Å². The van der Waals surface area contributed by atoms with Gasteiger partial charge in [-0.2, -0.15) is 0 Å². The zero-order valence-corrected chi connectivity index (χ0v) is 7.07. The van der Waals surface area contributed by atoms with Crippen molar-refractivity contribution in [3.63, 3.8) is 0 Å². The molecule has 0 aliphatic heterocycles. The lowest BCUT2D eigenvalue weighted by molar-refractivity contribution is 0.0983. The SMILES string of the molecule is CC(=O)c1nc2cc(N)ccc2o1. The van der Waals surface area contributed by atoms with Crippen LogP contribution in [-0.4, -0.2) is 10.8 Å². The highest BCUT2D eigenvalue weighted by Crippen LogP contribution is 2.18. The van der Waals surface area contributed by atoms with Crippen LogP contribution in [0, 0.1) is 0 Å². The van der Waals surface area contributed by atoms with E-state index in [1.807, 2.05) is 0 Å². The van der Waals surface area contributed by atoms with Crippen LogP contribution >= 0.6 is 0 Å². The standard InChI is InChI=1S/C9H8N2O2/c1-5(12)9-11-7-4-6(10)2-3-8(7)13-9/h2-4H,10H2,1H3. The summed E-state index contributed by atoms with van der Waals surface area (Å²) < 4.78 is 5.17. The first kappa shape index (κ1) is 7.79. The molecule has 4 heteroatoms. The maximum Gasteiger partial charge on any atom is 0.263 e. The van der Waals surface area contributed by atoms with E-state index in [4.69, 9.17) is 10.2 Å². The van der Waals surface area contributed by atoms with E-state index in [0.717, 1.165) is 0 Å². The molecule has 2 rings (SSSR count). The van der Waals surface area contributed by atoms with Gasteiger partial charge in [0.05, 0.1) is 0 Å². The Kier molecular flexibility index (Phi) is 1.55. The average Bonchev–Trinajstić information content (AvgIpc) is 2.46. The minimum Gasteiger partial charge on any atom is -0.434 e. The van der Waals surface area contributed by atoms with Crippen LogP contribution in [0.3, 0.4) is 0 Å². The van der Waals surface area contributed by atoms with Gasteiger partial charge in [-0.25, -0.2) is 4.98 Å². The first-order chi connectivity index (χ1) is 6.16. The fraction of sp³-hybridized carbons (Fsp3) is 0.111. The highest BCUT2D eigenvalue weighted by molar-refractivity contribution is 5.92. The summed E-state index contributed by atoms with van der Waals surface area (Å²) in [5.41, 5.74) is 7.35. The number of anilines is 1. The quantitative estimate of drug-likeness (QED) is 0.529. The number of carbonyl (C=O) groups excluding carboxylic acids is 1. The van der Waals surface area contributed by atoms with Gasteiger partial charge in [0, 0.05) is 12.6 Å². The van der Waals surface area contributed by atoms with E-state index < -0.39 is 0 Å². The molecule has 0 atom stereocenters. The number of fused-ring (bicyclic) bond motifs is 1. The lowest BCUT2D eigenvalue weighted by atomic mass is 10.3. The summed E-state index contributed by atoms with van der Waals surface area (Å²) in [6.45, 7) is 1.41. The van der Waals surface area contributed by atoms with Crippen molar-refractivity contribution in [3.8, 4) is 0 Å². The molecule has 0 saturated heterocycles. The van der Waals surface area contributed by atoms with Crippen molar-refractivity contribution in [3.05, 3.63) is 24.1 Å². The molecule has 1 aromatic carbocycles. The smallest absolute Gasteiger partial charge is 0.263 e. The van der Waals surface area contributed by atoms with Crippen molar-refractivity contribution < 1.29 is 9.21 Å². The number of nitrogen functional groups attached to an aromatic ring is 1. The Balaban J connectivity index is 2.68. The van der Waals surface area contributed by atoms with Crippen molar-refractivity contribution in [2.24, 2.45) is 0 Å². The van der Waals surface area contributed by atoms with Gasteiger partial charge in [-0.1, -0.05) is 0 Å². The first-order valence-corrected chi connectivity index (χ1v) is 3.84. The molecule has 0 saturated carbocycles. The Bertz CT molecular complexity index is 473. The third kappa shape index (κ3) is 1.26. The number of aromatic nitrogens is 1. The molecule has 0 radical (unpaired) electrons. The van der Waals surface area contributed by atoms with E-state index in [1.54, 1.807) is 18.2 Å². The van der Waals surface area contributed by atoms with E-state index in [9.17, 15) is 4.79 Å². The summed E-state index contributed by atoms with van der Waals surface area (Å²) in [6.07, 6.45) is 0. The van der Waals surface area contributed by atoms with Crippen LogP contribution in [-0.2, 0) is 0 Å². The number of oxazole rings is 1. The van der Waals surface area contributed by atoms with Gasteiger partial charge >= 0.3 is 0 Å². The Morgan fingerprint density at radius 2 is 2.31 bits per heavy atom. The fourth-order valence-electron chi connectivity index (χ4n) is 1.10. The normalized spacial score (nSPS) is 10.5. The van der Waals surface area contributed by atoms with E-state index in [0.29, 0.717) is 16.8 Å². The fourth-order valence-corrected chi connectivity index (χ4v) is 1.10. The highest BCUT2D eigenvalue weighted by Gasteiger charge is 2.08. The van der Waals surface area contributed by atoms with E-state index in [1.165, 1.54) is 6.92 Å². The lowest BCUT2D eigenvalue weighted by Gasteiger charge is -1.88. The van der Waals surface area contributed by atoms with Crippen LogP contribution in [0.1, 0.15) is 17.6 Å². The number of rotatable bonds is 1. The van der Waals surface area contributed by atoms with Crippen LogP contribution in [0.5, 0.6) is 0 Å². The number of hydrogen-bond acceptors (Lipinski definition) is 4. The molecule has 0 spiro atoms. The second-order valence-electron chi connectivity index (χ2n) is 2.80. The number of Topliss-reactive ketones (excluding diaryl/α,β-unsaturated/α-hetero) is 1. The second-order valence-corrected chi connectivity index (χ2v) is 2.80. The number of carbonyl (C=O) groups is 1. The van der Waals surface area contributed by atoms with Gasteiger partial charge in [0.15, 0.2) is 5.58 Å².